The maximum atomic E-state index is 11.3. The molecule has 0 saturated carbocycles. The summed E-state index contributed by atoms with van der Waals surface area (Å²) in [4.78, 5) is 22.5. The molecule has 0 aliphatic rings. The average Bonchev–Trinajstić information content (AvgIpc) is 2.12. The molecule has 0 saturated heterocycles. The lowest BCUT2D eigenvalue weighted by Crippen LogP contribution is -2.60. The number of carbonyl (C=O) groups is 2. The largest absolute Gasteiger partial charge is 0.479 e. The van der Waals surface area contributed by atoms with Crippen LogP contribution in [0.4, 0.5) is 4.79 Å². The van der Waals surface area contributed by atoms with Crippen LogP contribution in [-0.4, -0.2) is 29.3 Å². The predicted octanol–water partition coefficient (Wildman–Crippen LogP) is 1.79. The number of carboxylic acids is 1. The highest BCUT2D eigenvalue weighted by Crippen LogP contribution is 2.30. The molecule has 0 spiro atoms. The summed E-state index contributed by atoms with van der Waals surface area (Å²) >= 11 is 0. The Morgan fingerprint density at radius 3 is 2.19 bits per heavy atom. The van der Waals surface area contributed by atoms with Gasteiger partial charge in [-0.05, 0) is 12.3 Å². The maximum absolute atomic E-state index is 11.3. The van der Waals surface area contributed by atoms with Gasteiger partial charge in [0.25, 0.3) is 0 Å². The predicted molar refractivity (Wildman–Crippen MR) is 60.2 cm³/mol. The molecule has 16 heavy (non-hydrogen) atoms. The van der Waals surface area contributed by atoms with Crippen molar-refractivity contribution in [2.75, 3.05) is 6.61 Å². The first-order chi connectivity index (χ1) is 7.15. The second-order valence-corrected chi connectivity index (χ2v) is 4.69. The van der Waals surface area contributed by atoms with Gasteiger partial charge in [-0.15, -0.1) is 0 Å². The summed E-state index contributed by atoms with van der Waals surface area (Å²) in [6, 6.07) is 0. The lowest BCUT2D eigenvalue weighted by atomic mass is 9.75. The number of ether oxygens (including phenoxy) is 1. The highest BCUT2D eigenvalue weighted by atomic mass is 16.5. The standard InChI is InChI=1S/C11H19NO4/c1-6-7-16-9(15)12-11(5,8(13)14)10(2,3)4/h6H,1,7H2,2-5H3,(H,12,15)(H,13,14). The monoisotopic (exact) mass is 229 g/mol. The third kappa shape index (κ3) is 3.25. The highest BCUT2D eigenvalue weighted by Gasteiger charge is 2.46. The van der Waals surface area contributed by atoms with Crippen molar-refractivity contribution in [2.24, 2.45) is 5.41 Å². The summed E-state index contributed by atoms with van der Waals surface area (Å²) in [5, 5.41) is 11.5. The smallest absolute Gasteiger partial charge is 0.408 e. The first kappa shape index (κ1) is 14.5. The van der Waals surface area contributed by atoms with E-state index in [9.17, 15) is 9.59 Å². The van der Waals surface area contributed by atoms with Crippen LogP contribution < -0.4 is 5.32 Å². The van der Waals surface area contributed by atoms with Crippen LogP contribution in [0.15, 0.2) is 12.7 Å². The lowest BCUT2D eigenvalue weighted by Gasteiger charge is -2.38. The number of rotatable bonds is 4. The Morgan fingerprint density at radius 2 is 1.88 bits per heavy atom. The van der Waals surface area contributed by atoms with E-state index in [1.807, 2.05) is 0 Å². The number of amides is 1. The Labute approximate surface area is 95.5 Å². The molecular weight excluding hydrogens is 210 g/mol. The van der Waals surface area contributed by atoms with Crippen molar-refractivity contribution in [1.82, 2.24) is 5.32 Å². The number of hydrogen-bond acceptors (Lipinski definition) is 3. The SMILES string of the molecule is C=CCOC(=O)NC(C)(C(=O)O)C(C)(C)C. The molecule has 92 valence electrons. The van der Waals surface area contributed by atoms with E-state index in [0.29, 0.717) is 0 Å². The van der Waals surface area contributed by atoms with Crippen molar-refractivity contribution >= 4 is 12.1 Å². The third-order valence-electron chi connectivity index (χ3n) is 2.61. The van der Waals surface area contributed by atoms with Gasteiger partial charge in [0, 0.05) is 0 Å². The quantitative estimate of drug-likeness (QED) is 0.720. The Balaban J connectivity index is 4.77. The zero-order valence-electron chi connectivity index (χ0n) is 10.2. The van der Waals surface area contributed by atoms with E-state index >= 15 is 0 Å². The topological polar surface area (TPSA) is 75.6 Å². The van der Waals surface area contributed by atoms with Crippen molar-refractivity contribution in [3.8, 4) is 0 Å². The van der Waals surface area contributed by atoms with Crippen LogP contribution in [0.1, 0.15) is 27.7 Å². The molecule has 1 atom stereocenters. The molecule has 0 aliphatic carbocycles. The number of carboxylic acid groups (broad SMARTS) is 1. The molecule has 0 radical (unpaired) electrons. The highest BCUT2D eigenvalue weighted by molar-refractivity contribution is 5.84. The second kappa shape index (κ2) is 5.01. The Bertz CT molecular complexity index is 293. The zero-order valence-corrected chi connectivity index (χ0v) is 10.2. The molecule has 0 heterocycles. The van der Waals surface area contributed by atoms with Gasteiger partial charge in [0.1, 0.15) is 12.1 Å². The minimum absolute atomic E-state index is 0.0473. The van der Waals surface area contributed by atoms with Crippen LogP contribution in [0.2, 0.25) is 0 Å². The summed E-state index contributed by atoms with van der Waals surface area (Å²) in [6.07, 6.45) is 0.647. The van der Waals surface area contributed by atoms with Gasteiger partial charge in [0.15, 0.2) is 0 Å². The Hall–Kier alpha value is -1.52. The van der Waals surface area contributed by atoms with Gasteiger partial charge >= 0.3 is 12.1 Å². The lowest BCUT2D eigenvalue weighted by molar-refractivity contribution is -0.148. The van der Waals surface area contributed by atoms with E-state index in [4.69, 9.17) is 9.84 Å². The molecule has 5 nitrogen and oxygen atoms in total. The van der Waals surface area contributed by atoms with Crippen molar-refractivity contribution in [2.45, 2.75) is 33.2 Å². The van der Waals surface area contributed by atoms with Crippen LogP contribution in [0.25, 0.3) is 0 Å². The van der Waals surface area contributed by atoms with Gasteiger partial charge in [0.05, 0.1) is 0 Å². The molecular formula is C11H19NO4. The van der Waals surface area contributed by atoms with Crippen molar-refractivity contribution < 1.29 is 19.4 Å². The van der Waals surface area contributed by atoms with E-state index in [0.717, 1.165) is 0 Å². The molecule has 0 rings (SSSR count). The summed E-state index contributed by atoms with van der Waals surface area (Å²) in [5.74, 6) is -1.10. The van der Waals surface area contributed by atoms with Crippen molar-refractivity contribution in [1.29, 1.82) is 0 Å². The fraction of sp³-hybridized carbons (Fsp3) is 0.636. The van der Waals surface area contributed by atoms with Gasteiger partial charge in [0.2, 0.25) is 0 Å². The number of hydrogen-bond donors (Lipinski definition) is 2. The van der Waals surface area contributed by atoms with E-state index in [2.05, 4.69) is 11.9 Å². The molecule has 0 fully saturated rings. The molecule has 0 bridgehead atoms. The number of alkyl carbamates (subject to hydrolysis) is 1. The van der Waals surface area contributed by atoms with Gasteiger partial charge in [-0.2, -0.15) is 0 Å². The van der Waals surface area contributed by atoms with Crippen LogP contribution in [0, 0.1) is 5.41 Å². The second-order valence-electron chi connectivity index (χ2n) is 4.69. The van der Waals surface area contributed by atoms with Crippen molar-refractivity contribution in [3.63, 3.8) is 0 Å². The van der Waals surface area contributed by atoms with Gasteiger partial charge in [-0.25, -0.2) is 9.59 Å². The third-order valence-corrected chi connectivity index (χ3v) is 2.61. The molecule has 5 heteroatoms. The fourth-order valence-electron chi connectivity index (χ4n) is 0.937. The minimum atomic E-state index is -1.38. The molecule has 2 N–H and O–H groups in total. The van der Waals surface area contributed by atoms with Crippen LogP contribution >= 0.6 is 0 Å². The van der Waals surface area contributed by atoms with Crippen molar-refractivity contribution in [3.05, 3.63) is 12.7 Å². The molecule has 1 amide bonds. The fourth-order valence-corrected chi connectivity index (χ4v) is 0.937. The first-order valence-corrected chi connectivity index (χ1v) is 4.94. The summed E-state index contributed by atoms with van der Waals surface area (Å²) < 4.78 is 4.70. The van der Waals surface area contributed by atoms with E-state index in [-0.39, 0.29) is 6.61 Å². The molecule has 0 aromatic rings. The number of nitrogens with one attached hydrogen (secondary N) is 1. The summed E-state index contributed by atoms with van der Waals surface area (Å²) in [5.41, 5.74) is -2.02. The zero-order chi connectivity index (χ0) is 13.0. The normalized spacial score (nSPS) is 14.8. The molecule has 0 aromatic heterocycles. The molecule has 0 aromatic carbocycles. The van der Waals surface area contributed by atoms with Crippen LogP contribution in [0.5, 0.6) is 0 Å². The Morgan fingerprint density at radius 1 is 1.38 bits per heavy atom. The van der Waals surface area contributed by atoms with Crippen LogP contribution in [-0.2, 0) is 9.53 Å². The maximum Gasteiger partial charge on any atom is 0.408 e. The first-order valence-electron chi connectivity index (χ1n) is 4.94. The molecule has 0 aliphatic heterocycles. The van der Waals surface area contributed by atoms with Gasteiger partial charge in [-0.3, -0.25) is 0 Å². The summed E-state index contributed by atoms with van der Waals surface area (Å²) in [7, 11) is 0. The Kier molecular flexibility index (Phi) is 4.53. The van der Waals surface area contributed by atoms with E-state index in [1.165, 1.54) is 13.0 Å². The van der Waals surface area contributed by atoms with E-state index < -0.39 is 23.0 Å². The number of carbonyl (C=O) groups excluding carboxylic acids is 1. The van der Waals surface area contributed by atoms with E-state index in [1.54, 1.807) is 20.8 Å². The van der Waals surface area contributed by atoms with Crippen LogP contribution in [0.3, 0.4) is 0 Å². The number of aliphatic carboxylic acids is 1. The summed E-state index contributed by atoms with van der Waals surface area (Å²) in [6.45, 7) is 10.1. The van der Waals surface area contributed by atoms with Gasteiger partial charge < -0.3 is 15.2 Å². The van der Waals surface area contributed by atoms with Gasteiger partial charge in [-0.1, -0.05) is 33.4 Å². The minimum Gasteiger partial charge on any atom is -0.479 e. The average molecular weight is 229 g/mol. The molecule has 1 unspecified atom stereocenters.